The molecule has 1 aromatic carbocycles. The van der Waals surface area contributed by atoms with E-state index in [1.54, 1.807) is 6.20 Å². The largest absolute Gasteiger partial charge is 0.396 e. The molecule has 3 nitrogen and oxygen atoms in total. The predicted octanol–water partition coefficient (Wildman–Crippen LogP) is 2.68. The molecule has 0 saturated carbocycles. The minimum Gasteiger partial charge on any atom is -0.396 e. The molecule has 1 aromatic heterocycles. The molecule has 0 bridgehead atoms. The lowest BCUT2D eigenvalue weighted by molar-refractivity contribution is 0.220. The van der Waals surface area contributed by atoms with Gasteiger partial charge in [-0.1, -0.05) is 29.8 Å². The van der Waals surface area contributed by atoms with E-state index >= 15 is 0 Å². The van der Waals surface area contributed by atoms with Crippen molar-refractivity contribution in [1.82, 2.24) is 10.3 Å². The Bertz CT molecular complexity index is 502. The van der Waals surface area contributed by atoms with Crippen LogP contribution in [0.1, 0.15) is 11.3 Å². The number of halogens is 1. The number of aliphatic hydroxyl groups is 1. The van der Waals surface area contributed by atoms with Gasteiger partial charge in [-0.05, 0) is 42.2 Å². The van der Waals surface area contributed by atoms with Gasteiger partial charge in [0.2, 0.25) is 0 Å². The lowest BCUT2D eigenvalue weighted by atomic mass is 10.0. The highest BCUT2D eigenvalue weighted by atomic mass is 35.5. The fourth-order valence-corrected chi connectivity index (χ4v) is 2.16. The van der Waals surface area contributed by atoms with Crippen molar-refractivity contribution >= 4 is 11.6 Å². The van der Waals surface area contributed by atoms with Crippen molar-refractivity contribution in [2.45, 2.75) is 13.0 Å². The zero-order chi connectivity index (χ0) is 14.2. The number of pyridine rings is 1. The van der Waals surface area contributed by atoms with Crippen LogP contribution in [0.25, 0.3) is 0 Å². The van der Waals surface area contributed by atoms with Gasteiger partial charge in [-0.2, -0.15) is 0 Å². The Balaban J connectivity index is 1.78. The normalized spacial score (nSPS) is 12.3. The number of aliphatic hydroxyl groups excluding tert-OH is 1. The Kier molecular flexibility index (Phi) is 5.99. The average Bonchev–Trinajstić information content (AvgIpc) is 2.49. The van der Waals surface area contributed by atoms with Crippen molar-refractivity contribution < 1.29 is 5.11 Å². The molecule has 1 unspecified atom stereocenters. The molecule has 106 valence electrons. The summed E-state index contributed by atoms with van der Waals surface area (Å²) < 4.78 is 0. The Labute approximate surface area is 124 Å². The second-order valence-corrected chi connectivity index (χ2v) is 5.27. The second kappa shape index (κ2) is 8.00. The molecule has 0 aliphatic carbocycles. The minimum atomic E-state index is 0.157. The zero-order valence-electron chi connectivity index (χ0n) is 11.3. The maximum atomic E-state index is 9.44. The lowest BCUT2D eigenvalue weighted by Gasteiger charge is -2.14. The van der Waals surface area contributed by atoms with Crippen molar-refractivity contribution in [1.29, 1.82) is 0 Å². The number of rotatable bonds is 7. The maximum Gasteiger partial charge on any atom is 0.0475 e. The fraction of sp³-hybridized carbons (Fsp3) is 0.312. The van der Waals surface area contributed by atoms with E-state index in [0.29, 0.717) is 0 Å². The predicted molar refractivity (Wildman–Crippen MR) is 81.7 cm³/mol. The van der Waals surface area contributed by atoms with E-state index in [2.05, 4.69) is 10.3 Å². The lowest BCUT2D eigenvalue weighted by Crippen LogP contribution is -2.26. The summed E-state index contributed by atoms with van der Waals surface area (Å²) in [5, 5.41) is 13.5. The van der Waals surface area contributed by atoms with Crippen LogP contribution in [-0.4, -0.2) is 23.2 Å². The first-order valence-corrected chi connectivity index (χ1v) is 7.11. The van der Waals surface area contributed by atoms with Crippen molar-refractivity contribution in [3.63, 3.8) is 0 Å². The minimum absolute atomic E-state index is 0.157. The van der Waals surface area contributed by atoms with Gasteiger partial charge in [-0.25, -0.2) is 0 Å². The topological polar surface area (TPSA) is 45.1 Å². The molecule has 0 radical (unpaired) electrons. The number of nitrogens with one attached hydrogen (secondary N) is 1. The van der Waals surface area contributed by atoms with Crippen molar-refractivity contribution in [3.8, 4) is 0 Å². The van der Waals surface area contributed by atoms with Gasteiger partial charge in [0.05, 0.1) is 0 Å². The fourth-order valence-electron chi connectivity index (χ4n) is 2.04. The van der Waals surface area contributed by atoms with Crippen molar-refractivity contribution in [2.75, 3.05) is 13.2 Å². The van der Waals surface area contributed by atoms with Crippen LogP contribution >= 0.6 is 11.6 Å². The van der Waals surface area contributed by atoms with Gasteiger partial charge in [-0.15, -0.1) is 0 Å². The summed E-state index contributed by atoms with van der Waals surface area (Å²) in [6.45, 7) is 1.69. The summed E-state index contributed by atoms with van der Waals surface area (Å²) in [6, 6.07) is 13.6. The van der Waals surface area contributed by atoms with Gasteiger partial charge in [0, 0.05) is 36.6 Å². The standard InChI is InChI=1S/C16H19ClN2O/c17-15-6-4-13(5-7-15)10-18-11-14(12-20)9-16-3-1-2-8-19-16/h1-8,14,18,20H,9-12H2. The summed E-state index contributed by atoms with van der Waals surface area (Å²) >= 11 is 5.85. The monoisotopic (exact) mass is 290 g/mol. The SMILES string of the molecule is OCC(CNCc1ccc(Cl)cc1)Cc1ccccn1. The summed E-state index contributed by atoms with van der Waals surface area (Å²) in [5.74, 6) is 0.178. The van der Waals surface area contributed by atoms with Crippen LogP contribution in [0, 0.1) is 5.92 Å². The number of hydrogen-bond donors (Lipinski definition) is 2. The molecule has 2 rings (SSSR count). The summed E-state index contributed by atoms with van der Waals surface area (Å²) in [7, 11) is 0. The molecule has 2 N–H and O–H groups in total. The average molecular weight is 291 g/mol. The Morgan fingerprint density at radius 1 is 1.15 bits per heavy atom. The van der Waals surface area contributed by atoms with E-state index in [4.69, 9.17) is 11.6 Å². The third kappa shape index (κ3) is 4.93. The number of nitrogens with zero attached hydrogens (tertiary/aromatic N) is 1. The molecule has 0 spiro atoms. The van der Waals surface area contributed by atoms with Crippen molar-refractivity contribution in [3.05, 3.63) is 64.9 Å². The van der Waals surface area contributed by atoms with Crippen LogP contribution < -0.4 is 5.32 Å². The van der Waals surface area contributed by atoms with Crippen LogP contribution in [0.15, 0.2) is 48.7 Å². The first kappa shape index (κ1) is 15.0. The van der Waals surface area contributed by atoms with Crippen LogP contribution in [0.3, 0.4) is 0 Å². The second-order valence-electron chi connectivity index (χ2n) is 4.83. The molecule has 4 heteroatoms. The molecule has 0 amide bonds. The number of hydrogen-bond acceptors (Lipinski definition) is 3. The van der Waals surface area contributed by atoms with Crippen LogP contribution in [-0.2, 0) is 13.0 Å². The Morgan fingerprint density at radius 3 is 2.60 bits per heavy atom. The van der Waals surface area contributed by atoms with Gasteiger partial charge in [0.1, 0.15) is 0 Å². The molecule has 0 aliphatic heterocycles. The van der Waals surface area contributed by atoms with Crippen LogP contribution in [0.2, 0.25) is 5.02 Å². The molecule has 0 aliphatic rings. The van der Waals surface area contributed by atoms with E-state index in [-0.39, 0.29) is 12.5 Å². The van der Waals surface area contributed by atoms with E-state index < -0.39 is 0 Å². The molecular weight excluding hydrogens is 272 g/mol. The van der Waals surface area contributed by atoms with Gasteiger partial charge >= 0.3 is 0 Å². The first-order valence-electron chi connectivity index (χ1n) is 6.74. The van der Waals surface area contributed by atoms with E-state index in [9.17, 15) is 5.11 Å². The van der Waals surface area contributed by atoms with Crippen LogP contribution in [0.4, 0.5) is 0 Å². The quantitative estimate of drug-likeness (QED) is 0.824. The van der Waals surface area contributed by atoms with Gasteiger partial charge < -0.3 is 10.4 Å². The Morgan fingerprint density at radius 2 is 1.95 bits per heavy atom. The van der Waals surface area contributed by atoms with Crippen molar-refractivity contribution in [2.24, 2.45) is 5.92 Å². The molecule has 1 heterocycles. The molecule has 20 heavy (non-hydrogen) atoms. The van der Waals surface area contributed by atoms with Gasteiger partial charge in [0.15, 0.2) is 0 Å². The smallest absolute Gasteiger partial charge is 0.0475 e. The summed E-state index contributed by atoms with van der Waals surface area (Å²) in [6.07, 6.45) is 2.57. The zero-order valence-corrected chi connectivity index (χ0v) is 12.1. The highest BCUT2D eigenvalue weighted by Crippen LogP contribution is 2.10. The van der Waals surface area contributed by atoms with Gasteiger partial charge in [0.25, 0.3) is 0 Å². The highest BCUT2D eigenvalue weighted by Gasteiger charge is 2.08. The molecule has 0 fully saturated rings. The molecule has 2 aromatic rings. The third-order valence-electron chi connectivity index (χ3n) is 3.16. The summed E-state index contributed by atoms with van der Waals surface area (Å²) in [4.78, 5) is 4.29. The first-order chi connectivity index (χ1) is 9.78. The maximum absolute atomic E-state index is 9.44. The number of aromatic nitrogens is 1. The molecule has 1 atom stereocenters. The highest BCUT2D eigenvalue weighted by molar-refractivity contribution is 6.30. The number of benzene rings is 1. The Hall–Kier alpha value is -1.42. The summed E-state index contributed by atoms with van der Waals surface area (Å²) in [5.41, 5.74) is 2.20. The van der Waals surface area contributed by atoms with Gasteiger partial charge in [-0.3, -0.25) is 4.98 Å². The van der Waals surface area contributed by atoms with E-state index in [1.165, 1.54) is 5.56 Å². The van der Waals surface area contributed by atoms with Crippen LogP contribution in [0.5, 0.6) is 0 Å². The third-order valence-corrected chi connectivity index (χ3v) is 3.41. The van der Waals surface area contributed by atoms with E-state index in [1.807, 2.05) is 42.5 Å². The molecular formula is C16H19ClN2O. The van der Waals surface area contributed by atoms with E-state index in [0.717, 1.165) is 30.2 Å². The molecule has 0 saturated heterocycles.